The van der Waals surface area contributed by atoms with Gasteiger partial charge in [-0.2, -0.15) is 0 Å². The van der Waals surface area contributed by atoms with Gasteiger partial charge in [0.15, 0.2) is 0 Å². The van der Waals surface area contributed by atoms with Crippen LogP contribution in [0.5, 0.6) is 0 Å². The normalized spacial score (nSPS) is 11.0. The monoisotopic (exact) mass is 252 g/mol. The molecule has 0 saturated carbocycles. The van der Waals surface area contributed by atoms with Crippen molar-refractivity contribution in [2.75, 3.05) is 0 Å². The van der Waals surface area contributed by atoms with Gasteiger partial charge in [0.05, 0.1) is 0 Å². The molecule has 4 bridgehead atoms. The lowest BCUT2D eigenvalue weighted by atomic mass is 9.99. The quantitative estimate of drug-likeness (QED) is 0.350. The molecule has 0 atom stereocenters. The van der Waals surface area contributed by atoms with E-state index in [0.717, 1.165) is 0 Å². The SMILES string of the molecule is [c]1c2ccc3cc2ccc13.[c]1cccc2ccccc12. The summed E-state index contributed by atoms with van der Waals surface area (Å²) in [6.07, 6.45) is 0. The molecular weight excluding hydrogens is 240 g/mol. The van der Waals surface area contributed by atoms with Crippen LogP contribution in [-0.2, 0) is 0 Å². The Hall–Kier alpha value is -2.60. The molecule has 0 aromatic heterocycles. The maximum Gasteiger partial charge on any atom is -0.00143 e. The van der Waals surface area contributed by atoms with E-state index in [9.17, 15) is 0 Å². The molecule has 7 aromatic rings. The number of rotatable bonds is 0. The average molecular weight is 252 g/mol. The second-order valence-electron chi connectivity index (χ2n) is 4.93. The van der Waals surface area contributed by atoms with Crippen molar-refractivity contribution in [2.45, 2.75) is 0 Å². The van der Waals surface area contributed by atoms with E-state index in [4.69, 9.17) is 0 Å². The zero-order chi connectivity index (χ0) is 13.4. The summed E-state index contributed by atoms with van der Waals surface area (Å²) in [7, 11) is 0. The van der Waals surface area contributed by atoms with Crippen LogP contribution in [0.2, 0.25) is 0 Å². The van der Waals surface area contributed by atoms with Crippen LogP contribution < -0.4 is 0 Å². The predicted molar refractivity (Wildman–Crippen MR) is 85.4 cm³/mol. The van der Waals surface area contributed by atoms with Gasteiger partial charge in [-0.1, -0.05) is 66.7 Å². The van der Waals surface area contributed by atoms with Crippen molar-refractivity contribution in [3.8, 4) is 0 Å². The summed E-state index contributed by atoms with van der Waals surface area (Å²) in [6.45, 7) is 0. The van der Waals surface area contributed by atoms with Crippen LogP contribution >= 0.6 is 0 Å². The van der Waals surface area contributed by atoms with Gasteiger partial charge < -0.3 is 0 Å². The molecule has 0 saturated heterocycles. The number of benzene rings is 7. The molecular formula is C20H12. The third kappa shape index (κ3) is 1.86. The van der Waals surface area contributed by atoms with Gasteiger partial charge in [-0.05, 0) is 50.5 Å². The summed E-state index contributed by atoms with van der Waals surface area (Å²) in [4.78, 5) is 0. The first-order chi connectivity index (χ1) is 9.90. The van der Waals surface area contributed by atoms with Gasteiger partial charge in [0.2, 0.25) is 0 Å². The summed E-state index contributed by atoms with van der Waals surface area (Å²) in [6, 6.07) is 31.4. The molecule has 0 aliphatic rings. The second-order valence-corrected chi connectivity index (χ2v) is 4.93. The summed E-state index contributed by atoms with van der Waals surface area (Å²) < 4.78 is 0. The molecule has 0 spiro atoms. The Bertz CT molecular complexity index is 778. The Labute approximate surface area is 117 Å². The molecule has 7 rings (SSSR count). The van der Waals surface area contributed by atoms with Crippen molar-refractivity contribution in [1.82, 2.24) is 0 Å². The highest BCUT2D eigenvalue weighted by Crippen LogP contribution is 2.26. The summed E-state index contributed by atoms with van der Waals surface area (Å²) in [5, 5.41) is 7.55. The molecule has 0 heterocycles. The van der Waals surface area contributed by atoms with Crippen molar-refractivity contribution in [1.29, 1.82) is 0 Å². The highest BCUT2D eigenvalue weighted by Gasteiger charge is 2.01. The lowest BCUT2D eigenvalue weighted by Crippen LogP contribution is -1.80. The van der Waals surface area contributed by atoms with Gasteiger partial charge in [-0.25, -0.2) is 0 Å². The van der Waals surface area contributed by atoms with Crippen molar-refractivity contribution < 1.29 is 0 Å². The highest BCUT2D eigenvalue weighted by molar-refractivity contribution is 6.02. The smallest absolute Gasteiger partial charge is 0.00143 e. The highest BCUT2D eigenvalue weighted by atomic mass is 14.0. The lowest BCUT2D eigenvalue weighted by Gasteiger charge is -2.05. The van der Waals surface area contributed by atoms with Crippen LogP contribution in [0.15, 0.2) is 72.8 Å². The van der Waals surface area contributed by atoms with Gasteiger partial charge in [0.25, 0.3) is 0 Å². The zero-order valence-electron chi connectivity index (χ0n) is 10.9. The summed E-state index contributed by atoms with van der Waals surface area (Å²) >= 11 is 0. The number of hydrogen-bond donors (Lipinski definition) is 0. The number of hydrogen-bond acceptors (Lipinski definition) is 0. The van der Waals surface area contributed by atoms with E-state index in [2.05, 4.69) is 60.7 Å². The van der Waals surface area contributed by atoms with E-state index in [0.29, 0.717) is 0 Å². The van der Waals surface area contributed by atoms with Crippen molar-refractivity contribution in [2.24, 2.45) is 0 Å². The molecule has 0 amide bonds. The van der Waals surface area contributed by atoms with Crippen LogP contribution in [0.4, 0.5) is 0 Å². The zero-order valence-corrected chi connectivity index (χ0v) is 10.9. The van der Waals surface area contributed by atoms with Gasteiger partial charge in [0, 0.05) is 0 Å². The third-order valence-corrected chi connectivity index (χ3v) is 3.63. The first kappa shape index (κ1) is 11.2. The first-order valence-electron chi connectivity index (χ1n) is 6.72. The summed E-state index contributed by atoms with van der Waals surface area (Å²) in [5.74, 6) is 0. The molecule has 20 heavy (non-hydrogen) atoms. The minimum absolute atomic E-state index is 1.19. The largest absolute Gasteiger partial charge is 0.0616 e. The predicted octanol–water partition coefficient (Wildman–Crippen LogP) is 5.31. The Balaban J connectivity index is 0.000000106. The van der Waals surface area contributed by atoms with Crippen LogP contribution in [0.25, 0.3) is 32.3 Å². The van der Waals surface area contributed by atoms with Gasteiger partial charge in [0.1, 0.15) is 0 Å². The van der Waals surface area contributed by atoms with Crippen LogP contribution in [0.1, 0.15) is 0 Å². The first-order valence-corrected chi connectivity index (χ1v) is 6.72. The molecule has 0 aliphatic heterocycles. The molecule has 0 N–H and O–H groups in total. The summed E-state index contributed by atoms with van der Waals surface area (Å²) in [5.41, 5.74) is 0. The third-order valence-electron chi connectivity index (χ3n) is 3.63. The molecule has 0 aliphatic carbocycles. The maximum absolute atomic E-state index is 3.31. The maximum atomic E-state index is 3.31. The molecule has 7 aromatic carbocycles. The standard InChI is InChI=1S/C10H5.C10H7/c1-2-8-6-9-3-4-10(8)5-7(1)9;1-2-6-10-8-4-3-7-9(10)5-1/h1-5H;1-7H. The van der Waals surface area contributed by atoms with Gasteiger partial charge in [-0.3, -0.25) is 0 Å². The van der Waals surface area contributed by atoms with Crippen molar-refractivity contribution >= 4 is 32.3 Å². The molecule has 0 nitrogen and oxygen atoms in total. The molecule has 0 heteroatoms. The lowest BCUT2D eigenvalue weighted by molar-refractivity contribution is 1.74. The Morgan fingerprint density at radius 2 is 1.25 bits per heavy atom. The minimum Gasteiger partial charge on any atom is -0.0616 e. The Kier molecular flexibility index (Phi) is 2.53. The van der Waals surface area contributed by atoms with Gasteiger partial charge >= 0.3 is 0 Å². The van der Waals surface area contributed by atoms with E-state index in [1.165, 1.54) is 32.3 Å². The van der Waals surface area contributed by atoms with Gasteiger partial charge in [-0.15, -0.1) is 0 Å². The molecule has 0 fully saturated rings. The Morgan fingerprint density at radius 3 is 1.85 bits per heavy atom. The van der Waals surface area contributed by atoms with E-state index in [-0.39, 0.29) is 0 Å². The fourth-order valence-electron chi connectivity index (χ4n) is 2.57. The van der Waals surface area contributed by atoms with Crippen molar-refractivity contribution in [3.05, 3.63) is 84.9 Å². The molecule has 2 radical (unpaired) electrons. The van der Waals surface area contributed by atoms with Crippen LogP contribution in [-0.4, -0.2) is 0 Å². The molecule has 0 unspecified atom stereocenters. The number of fused-ring (bicyclic) bond motifs is 3. The fraction of sp³-hybridized carbons (Fsp3) is 0. The van der Waals surface area contributed by atoms with E-state index >= 15 is 0 Å². The fourth-order valence-corrected chi connectivity index (χ4v) is 2.57. The van der Waals surface area contributed by atoms with Crippen LogP contribution in [0, 0.1) is 12.1 Å². The van der Waals surface area contributed by atoms with E-state index in [1.54, 1.807) is 0 Å². The van der Waals surface area contributed by atoms with E-state index in [1.807, 2.05) is 24.3 Å². The van der Waals surface area contributed by atoms with Crippen LogP contribution in [0.3, 0.4) is 0 Å². The molecule has 92 valence electrons. The second kappa shape index (κ2) is 4.50. The van der Waals surface area contributed by atoms with Crippen molar-refractivity contribution in [3.63, 3.8) is 0 Å². The van der Waals surface area contributed by atoms with E-state index < -0.39 is 0 Å². The topological polar surface area (TPSA) is 0 Å². The minimum atomic E-state index is 1.19. The average Bonchev–Trinajstić information content (AvgIpc) is 2.56. The Morgan fingerprint density at radius 1 is 0.550 bits per heavy atom.